The van der Waals surface area contributed by atoms with Crippen LogP contribution in [-0.2, 0) is 0 Å². The van der Waals surface area contributed by atoms with Gasteiger partial charge in [-0.2, -0.15) is 4.58 Å². The van der Waals surface area contributed by atoms with Crippen LogP contribution in [0.3, 0.4) is 0 Å². The van der Waals surface area contributed by atoms with E-state index in [9.17, 15) is 0 Å². The molecule has 1 aromatic carbocycles. The maximum absolute atomic E-state index is 5.75. The Morgan fingerprint density at radius 2 is 1.75 bits per heavy atom. The molecule has 2 N–H and O–H groups in total. The highest BCUT2D eigenvalue weighted by Crippen LogP contribution is 2.14. The van der Waals surface area contributed by atoms with Crippen LogP contribution < -0.4 is 5.41 Å². The SMILES string of the molecule is Cc1ccc([N+](C)=C2C=CC(=[NH2+])CC2)cc1. The second kappa shape index (κ2) is 4.44. The molecule has 1 aliphatic carbocycles. The molecule has 2 nitrogen and oxygen atoms in total. The van der Waals surface area contributed by atoms with Crippen molar-refractivity contribution in [2.24, 2.45) is 0 Å². The zero-order chi connectivity index (χ0) is 11.5. The van der Waals surface area contributed by atoms with E-state index in [1.165, 1.54) is 17.0 Å². The summed E-state index contributed by atoms with van der Waals surface area (Å²) in [7, 11) is 2.10. The van der Waals surface area contributed by atoms with E-state index >= 15 is 0 Å². The first-order valence-corrected chi connectivity index (χ1v) is 5.62. The molecule has 0 amide bonds. The summed E-state index contributed by atoms with van der Waals surface area (Å²) in [5, 5.41) is 5.75. The standard InChI is InChI=1S/C14H17N2/c1-11-3-7-13(8-4-11)16(2)14-9-5-12(15)6-10-14/h3-5,7-9,15H,6,10H2,1-2H3/q+1/p+1. The highest BCUT2D eigenvalue weighted by atomic mass is 15.0. The minimum absolute atomic E-state index is 0.960. The Kier molecular flexibility index (Phi) is 3.00. The third-order valence-electron chi connectivity index (χ3n) is 3.01. The van der Waals surface area contributed by atoms with Gasteiger partial charge in [0.1, 0.15) is 7.05 Å². The van der Waals surface area contributed by atoms with Crippen LogP contribution in [0.4, 0.5) is 5.69 Å². The van der Waals surface area contributed by atoms with Crippen LogP contribution in [0, 0.1) is 6.92 Å². The number of hydrogen-bond donors (Lipinski definition) is 1. The first kappa shape index (κ1) is 10.8. The van der Waals surface area contributed by atoms with Crippen LogP contribution in [-0.4, -0.2) is 23.0 Å². The molecule has 0 saturated carbocycles. The van der Waals surface area contributed by atoms with Crippen LogP contribution >= 0.6 is 0 Å². The average molecular weight is 214 g/mol. The first-order valence-electron chi connectivity index (χ1n) is 5.62. The van der Waals surface area contributed by atoms with E-state index < -0.39 is 0 Å². The number of allylic oxidation sites excluding steroid dienone is 2. The minimum atomic E-state index is 0.960. The molecular formula is C14H18N2+2. The zero-order valence-electron chi connectivity index (χ0n) is 9.90. The molecule has 0 radical (unpaired) electrons. The molecule has 0 heterocycles. The second-order valence-corrected chi connectivity index (χ2v) is 4.29. The van der Waals surface area contributed by atoms with E-state index in [4.69, 9.17) is 5.41 Å². The molecule has 2 heteroatoms. The summed E-state index contributed by atoms with van der Waals surface area (Å²) < 4.78 is 2.22. The van der Waals surface area contributed by atoms with Crippen molar-refractivity contribution in [1.29, 1.82) is 0 Å². The van der Waals surface area contributed by atoms with Crippen molar-refractivity contribution in [2.75, 3.05) is 7.05 Å². The zero-order valence-corrected chi connectivity index (χ0v) is 9.90. The predicted molar refractivity (Wildman–Crippen MR) is 67.3 cm³/mol. The van der Waals surface area contributed by atoms with Crippen LogP contribution in [0.25, 0.3) is 0 Å². The van der Waals surface area contributed by atoms with Crippen molar-refractivity contribution in [1.82, 2.24) is 0 Å². The minimum Gasteiger partial charge on any atom is -0.258 e. The van der Waals surface area contributed by atoms with E-state index in [-0.39, 0.29) is 0 Å². The van der Waals surface area contributed by atoms with Crippen LogP contribution in [0.5, 0.6) is 0 Å². The molecule has 0 saturated heterocycles. The maximum Gasteiger partial charge on any atom is 0.205 e. The third kappa shape index (κ3) is 2.27. The van der Waals surface area contributed by atoms with E-state index in [0.717, 1.165) is 18.6 Å². The predicted octanol–water partition coefficient (Wildman–Crippen LogP) is 1.26. The number of hydrogen-bond acceptors (Lipinski definition) is 0. The highest BCUT2D eigenvalue weighted by molar-refractivity contribution is 6.05. The highest BCUT2D eigenvalue weighted by Gasteiger charge is 2.16. The summed E-state index contributed by atoms with van der Waals surface area (Å²) >= 11 is 0. The third-order valence-corrected chi connectivity index (χ3v) is 3.01. The quantitative estimate of drug-likeness (QED) is 0.682. The molecule has 1 aliphatic rings. The molecule has 0 aliphatic heterocycles. The van der Waals surface area contributed by atoms with Gasteiger partial charge >= 0.3 is 0 Å². The molecular weight excluding hydrogens is 196 g/mol. The van der Waals surface area contributed by atoms with Crippen molar-refractivity contribution in [3.63, 3.8) is 0 Å². The van der Waals surface area contributed by atoms with Gasteiger partial charge in [-0.05, 0) is 6.92 Å². The molecule has 2 rings (SSSR count). The Bertz CT molecular complexity index is 464. The Hall–Kier alpha value is -1.70. The fourth-order valence-corrected chi connectivity index (χ4v) is 1.86. The lowest BCUT2D eigenvalue weighted by molar-refractivity contribution is -0.405. The van der Waals surface area contributed by atoms with Gasteiger partial charge in [0, 0.05) is 37.1 Å². The van der Waals surface area contributed by atoms with Gasteiger partial charge in [-0.1, -0.05) is 17.7 Å². The Morgan fingerprint density at radius 1 is 1.06 bits per heavy atom. The molecule has 0 bridgehead atoms. The van der Waals surface area contributed by atoms with Gasteiger partial charge in [0.25, 0.3) is 0 Å². The smallest absolute Gasteiger partial charge is 0.205 e. The van der Waals surface area contributed by atoms with Crippen molar-refractivity contribution >= 4 is 17.1 Å². The van der Waals surface area contributed by atoms with E-state index in [2.05, 4.69) is 48.9 Å². The molecule has 0 fully saturated rings. The summed E-state index contributed by atoms with van der Waals surface area (Å²) in [5.41, 5.74) is 4.81. The van der Waals surface area contributed by atoms with E-state index in [1.807, 2.05) is 6.08 Å². The fraction of sp³-hybridized carbons (Fsp3) is 0.286. The van der Waals surface area contributed by atoms with Gasteiger partial charge in [0.2, 0.25) is 5.69 Å². The van der Waals surface area contributed by atoms with E-state index in [1.54, 1.807) is 0 Å². The average Bonchev–Trinajstić information content (AvgIpc) is 2.30. The lowest BCUT2D eigenvalue weighted by atomic mass is 10.0. The molecule has 0 aromatic heterocycles. The lowest BCUT2D eigenvalue weighted by Crippen LogP contribution is -2.40. The number of rotatable bonds is 1. The molecule has 82 valence electrons. The Labute approximate surface area is 96.4 Å². The molecule has 16 heavy (non-hydrogen) atoms. The summed E-state index contributed by atoms with van der Waals surface area (Å²) in [6, 6.07) is 8.58. The number of benzene rings is 1. The molecule has 0 spiro atoms. The summed E-state index contributed by atoms with van der Waals surface area (Å²) in [6.07, 6.45) is 6.09. The van der Waals surface area contributed by atoms with Gasteiger partial charge < -0.3 is 0 Å². The van der Waals surface area contributed by atoms with Gasteiger partial charge in [-0.3, -0.25) is 5.41 Å². The largest absolute Gasteiger partial charge is 0.258 e. The van der Waals surface area contributed by atoms with Crippen molar-refractivity contribution in [3.05, 3.63) is 42.0 Å². The van der Waals surface area contributed by atoms with Crippen LogP contribution in [0.15, 0.2) is 36.4 Å². The number of aryl methyl sites for hydroxylation is 1. The second-order valence-electron chi connectivity index (χ2n) is 4.29. The summed E-state index contributed by atoms with van der Waals surface area (Å²) in [4.78, 5) is 0. The molecule has 1 aromatic rings. The Balaban J connectivity index is 2.33. The maximum atomic E-state index is 5.75. The first-order chi connectivity index (χ1) is 7.66. The summed E-state index contributed by atoms with van der Waals surface area (Å²) in [6.45, 7) is 2.10. The summed E-state index contributed by atoms with van der Waals surface area (Å²) in [5.74, 6) is 0. The fourth-order valence-electron chi connectivity index (χ4n) is 1.86. The number of nitrogens with two attached hydrogens (primary N) is 1. The van der Waals surface area contributed by atoms with E-state index in [0.29, 0.717) is 0 Å². The number of nitrogens with zero attached hydrogens (tertiary/aromatic N) is 1. The normalized spacial score (nSPS) is 18.8. The van der Waals surface area contributed by atoms with Gasteiger partial charge in [0.15, 0.2) is 11.4 Å². The van der Waals surface area contributed by atoms with Gasteiger partial charge in [-0.25, -0.2) is 0 Å². The van der Waals surface area contributed by atoms with Gasteiger partial charge in [-0.15, -0.1) is 0 Å². The molecule has 0 atom stereocenters. The topological polar surface area (TPSA) is 28.6 Å². The van der Waals surface area contributed by atoms with Crippen molar-refractivity contribution in [2.45, 2.75) is 19.8 Å². The van der Waals surface area contributed by atoms with Crippen LogP contribution in [0.2, 0.25) is 0 Å². The van der Waals surface area contributed by atoms with Gasteiger partial charge in [0.05, 0.1) is 0 Å². The van der Waals surface area contributed by atoms with Crippen molar-refractivity contribution in [3.8, 4) is 0 Å². The van der Waals surface area contributed by atoms with Crippen LogP contribution in [0.1, 0.15) is 18.4 Å². The van der Waals surface area contributed by atoms with Crippen molar-refractivity contribution < 1.29 is 9.98 Å². The Morgan fingerprint density at radius 3 is 2.31 bits per heavy atom. The molecule has 0 unspecified atom stereocenters. The monoisotopic (exact) mass is 214 g/mol. The lowest BCUT2D eigenvalue weighted by Gasteiger charge is -2.05.